The molecule has 1 fully saturated rings. The average molecular weight is 295 g/mol. The second-order valence-corrected chi connectivity index (χ2v) is 5.84. The van der Waals surface area contributed by atoms with Gasteiger partial charge in [-0.25, -0.2) is 4.39 Å². The molecule has 0 radical (unpaired) electrons. The molecule has 0 aromatic heterocycles. The second kappa shape index (κ2) is 6.54. The van der Waals surface area contributed by atoms with Crippen LogP contribution in [0.3, 0.4) is 0 Å². The normalized spacial score (nSPS) is 18.5. The first-order valence-electron chi connectivity index (χ1n) is 7.14. The molecule has 0 unspecified atom stereocenters. The van der Waals surface area contributed by atoms with Crippen molar-refractivity contribution < 1.29 is 18.7 Å². The van der Waals surface area contributed by atoms with Crippen LogP contribution >= 0.6 is 0 Å². The number of methoxy groups -OCH3 is 1. The van der Waals surface area contributed by atoms with E-state index in [-0.39, 0.29) is 23.3 Å². The molecule has 1 aliphatic rings. The molecule has 0 saturated carbocycles. The van der Waals surface area contributed by atoms with Crippen LogP contribution in [0.1, 0.15) is 30.6 Å². The van der Waals surface area contributed by atoms with Gasteiger partial charge in [0.15, 0.2) is 5.78 Å². The summed E-state index contributed by atoms with van der Waals surface area (Å²) in [6.07, 6.45) is 0.265. The molecule has 2 rings (SSSR count). The van der Waals surface area contributed by atoms with Crippen molar-refractivity contribution in [3.63, 3.8) is 0 Å². The number of hydrogen-bond acceptors (Lipinski definition) is 4. The molecular formula is C16H22FNO3. The lowest BCUT2D eigenvalue weighted by molar-refractivity contribution is -0.0502. The Balaban J connectivity index is 2.05. The lowest BCUT2D eigenvalue weighted by atomic mass is 10.0. The fourth-order valence-electron chi connectivity index (χ4n) is 2.61. The summed E-state index contributed by atoms with van der Waals surface area (Å²) in [6, 6.07) is 4.43. The molecule has 0 N–H and O–H groups in total. The molecule has 1 saturated heterocycles. The van der Waals surface area contributed by atoms with Crippen molar-refractivity contribution in [1.29, 1.82) is 0 Å². The van der Waals surface area contributed by atoms with E-state index < -0.39 is 5.82 Å². The quantitative estimate of drug-likeness (QED) is 0.783. The van der Waals surface area contributed by atoms with Crippen LogP contribution in [0.5, 0.6) is 5.75 Å². The monoisotopic (exact) mass is 295 g/mol. The standard InChI is InChI=1S/C16H22FNO3/c1-16(2)11-21-10-9-18(16)8-7-13(19)15-12(17)5-4-6-14(15)20-3/h4-6H,7-11H2,1-3H3. The summed E-state index contributed by atoms with van der Waals surface area (Å²) in [4.78, 5) is 14.5. The zero-order chi connectivity index (χ0) is 15.5. The molecular weight excluding hydrogens is 273 g/mol. The van der Waals surface area contributed by atoms with E-state index in [0.29, 0.717) is 25.5 Å². The highest BCUT2D eigenvalue weighted by Crippen LogP contribution is 2.24. The van der Waals surface area contributed by atoms with Crippen molar-refractivity contribution in [2.45, 2.75) is 25.8 Å². The summed E-state index contributed by atoms with van der Waals surface area (Å²) in [5, 5.41) is 0. The predicted molar refractivity (Wildman–Crippen MR) is 78.4 cm³/mol. The SMILES string of the molecule is COc1cccc(F)c1C(=O)CCN1CCOCC1(C)C. The van der Waals surface area contributed by atoms with Crippen LogP contribution in [0.4, 0.5) is 4.39 Å². The van der Waals surface area contributed by atoms with E-state index in [1.54, 1.807) is 6.07 Å². The van der Waals surface area contributed by atoms with Crippen molar-refractivity contribution in [2.75, 3.05) is 33.4 Å². The molecule has 116 valence electrons. The highest BCUT2D eigenvalue weighted by Gasteiger charge is 2.31. The number of ether oxygens (including phenoxy) is 2. The summed E-state index contributed by atoms with van der Waals surface area (Å²) in [7, 11) is 1.44. The van der Waals surface area contributed by atoms with Crippen molar-refractivity contribution in [3.05, 3.63) is 29.6 Å². The van der Waals surface area contributed by atoms with Gasteiger partial charge in [0.1, 0.15) is 11.6 Å². The molecule has 1 aromatic carbocycles. The van der Waals surface area contributed by atoms with Gasteiger partial charge in [-0.3, -0.25) is 9.69 Å². The number of rotatable bonds is 5. The number of benzene rings is 1. The number of ketones is 1. The van der Waals surface area contributed by atoms with E-state index in [9.17, 15) is 9.18 Å². The van der Waals surface area contributed by atoms with Crippen LogP contribution in [0, 0.1) is 5.82 Å². The first-order valence-corrected chi connectivity index (χ1v) is 7.14. The zero-order valence-corrected chi connectivity index (χ0v) is 12.8. The van der Waals surface area contributed by atoms with Gasteiger partial charge in [0.2, 0.25) is 0 Å². The Morgan fingerprint density at radius 2 is 2.24 bits per heavy atom. The Labute approximate surface area is 124 Å². The second-order valence-electron chi connectivity index (χ2n) is 5.84. The number of carbonyl (C=O) groups excluding carboxylic acids is 1. The highest BCUT2D eigenvalue weighted by atomic mass is 19.1. The lowest BCUT2D eigenvalue weighted by Crippen LogP contribution is -2.53. The van der Waals surface area contributed by atoms with E-state index in [4.69, 9.17) is 9.47 Å². The largest absolute Gasteiger partial charge is 0.496 e. The van der Waals surface area contributed by atoms with Gasteiger partial charge >= 0.3 is 0 Å². The minimum atomic E-state index is -0.527. The molecule has 1 heterocycles. The van der Waals surface area contributed by atoms with Gasteiger partial charge < -0.3 is 9.47 Å². The molecule has 0 amide bonds. The summed E-state index contributed by atoms with van der Waals surface area (Å²) in [5.41, 5.74) is -0.0521. The lowest BCUT2D eigenvalue weighted by Gasteiger charge is -2.42. The van der Waals surface area contributed by atoms with Gasteiger partial charge in [-0.05, 0) is 26.0 Å². The highest BCUT2D eigenvalue weighted by molar-refractivity contribution is 5.99. The number of carbonyl (C=O) groups is 1. The topological polar surface area (TPSA) is 38.8 Å². The molecule has 0 spiro atoms. The smallest absolute Gasteiger partial charge is 0.170 e. The number of morpholine rings is 1. The molecule has 1 aromatic rings. The van der Waals surface area contributed by atoms with Gasteiger partial charge in [0.25, 0.3) is 0 Å². The van der Waals surface area contributed by atoms with Crippen LogP contribution in [-0.4, -0.2) is 49.6 Å². The average Bonchev–Trinajstić information content (AvgIpc) is 2.45. The maximum Gasteiger partial charge on any atom is 0.170 e. The molecule has 1 aliphatic heterocycles. The molecule has 5 heteroatoms. The summed E-state index contributed by atoms with van der Waals surface area (Å²) >= 11 is 0. The molecule has 21 heavy (non-hydrogen) atoms. The van der Waals surface area contributed by atoms with Crippen LogP contribution < -0.4 is 4.74 Å². The fourth-order valence-corrected chi connectivity index (χ4v) is 2.61. The number of hydrogen-bond donors (Lipinski definition) is 0. The summed E-state index contributed by atoms with van der Waals surface area (Å²) in [5.74, 6) is -0.464. The Kier molecular flexibility index (Phi) is 4.96. The predicted octanol–water partition coefficient (Wildman–Crippen LogP) is 2.52. The maximum atomic E-state index is 13.9. The van der Waals surface area contributed by atoms with Gasteiger partial charge in [0, 0.05) is 25.0 Å². The minimum absolute atomic E-state index is 0.0473. The van der Waals surface area contributed by atoms with Crippen LogP contribution in [0.25, 0.3) is 0 Å². The van der Waals surface area contributed by atoms with E-state index in [2.05, 4.69) is 18.7 Å². The first kappa shape index (κ1) is 15.9. The Morgan fingerprint density at radius 3 is 2.90 bits per heavy atom. The number of Topliss-reactive ketones (excluding diaryl/α,β-unsaturated/α-hetero) is 1. The van der Waals surface area contributed by atoms with E-state index in [1.807, 2.05) is 0 Å². The van der Waals surface area contributed by atoms with Crippen LogP contribution in [-0.2, 0) is 4.74 Å². The van der Waals surface area contributed by atoms with Gasteiger partial charge in [-0.15, -0.1) is 0 Å². The fraction of sp³-hybridized carbons (Fsp3) is 0.562. The zero-order valence-electron chi connectivity index (χ0n) is 12.8. The van der Waals surface area contributed by atoms with Crippen LogP contribution in [0.15, 0.2) is 18.2 Å². The van der Waals surface area contributed by atoms with E-state index in [0.717, 1.165) is 6.54 Å². The first-order chi connectivity index (χ1) is 9.95. The van der Waals surface area contributed by atoms with Crippen molar-refractivity contribution in [2.24, 2.45) is 0 Å². The molecule has 0 bridgehead atoms. The third-order valence-corrected chi connectivity index (χ3v) is 3.90. The Bertz CT molecular complexity index is 516. The van der Waals surface area contributed by atoms with Crippen molar-refractivity contribution in [3.8, 4) is 5.75 Å². The molecule has 0 atom stereocenters. The van der Waals surface area contributed by atoms with Crippen molar-refractivity contribution >= 4 is 5.78 Å². The van der Waals surface area contributed by atoms with Gasteiger partial charge in [-0.1, -0.05) is 6.07 Å². The molecule has 4 nitrogen and oxygen atoms in total. The third-order valence-electron chi connectivity index (χ3n) is 3.90. The van der Waals surface area contributed by atoms with Gasteiger partial charge in [0.05, 0.1) is 25.9 Å². The molecule has 0 aliphatic carbocycles. The number of nitrogens with zero attached hydrogens (tertiary/aromatic N) is 1. The Hall–Kier alpha value is -1.46. The summed E-state index contributed by atoms with van der Waals surface area (Å²) in [6.45, 7) is 6.85. The number of halogens is 1. The van der Waals surface area contributed by atoms with E-state index >= 15 is 0 Å². The minimum Gasteiger partial charge on any atom is -0.496 e. The summed E-state index contributed by atoms with van der Waals surface area (Å²) < 4.78 is 24.4. The van der Waals surface area contributed by atoms with Crippen LogP contribution in [0.2, 0.25) is 0 Å². The van der Waals surface area contributed by atoms with Gasteiger partial charge in [-0.2, -0.15) is 0 Å². The maximum absolute atomic E-state index is 13.9. The third kappa shape index (κ3) is 3.60. The Morgan fingerprint density at radius 1 is 1.48 bits per heavy atom. The van der Waals surface area contributed by atoms with E-state index in [1.165, 1.54) is 19.2 Å². The van der Waals surface area contributed by atoms with Crippen molar-refractivity contribution in [1.82, 2.24) is 4.90 Å².